The first-order valence-corrected chi connectivity index (χ1v) is 6.00. The van der Waals surface area contributed by atoms with E-state index in [0.717, 1.165) is 32.0 Å². The predicted molar refractivity (Wildman–Crippen MR) is 68.2 cm³/mol. The molecule has 0 atom stereocenters. The molecule has 4 nitrogen and oxygen atoms in total. The molecule has 0 amide bonds. The quantitative estimate of drug-likeness (QED) is 0.702. The van der Waals surface area contributed by atoms with E-state index < -0.39 is 0 Å². The number of ether oxygens (including phenoxy) is 2. The van der Waals surface area contributed by atoms with Crippen LogP contribution in [0.15, 0.2) is 18.2 Å². The first-order chi connectivity index (χ1) is 8.22. The monoisotopic (exact) mass is 238 g/mol. The molecule has 17 heavy (non-hydrogen) atoms. The highest BCUT2D eigenvalue weighted by Gasteiger charge is 1.97. The van der Waals surface area contributed by atoms with Gasteiger partial charge < -0.3 is 14.8 Å². The Morgan fingerprint density at radius 3 is 2.88 bits per heavy atom. The lowest BCUT2D eigenvalue weighted by atomic mass is 10.2. The lowest BCUT2D eigenvalue weighted by Crippen LogP contribution is -2.20. The molecule has 1 aromatic rings. The van der Waals surface area contributed by atoms with Crippen LogP contribution in [-0.2, 0) is 11.3 Å². The topological polar surface area (TPSA) is 43.4 Å². The molecule has 0 bridgehead atoms. The highest BCUT2D eigenvalue weighted by molar-refractivity contribution is 5.15. The zero-order valence-electron chi connectivity index (χ0n) is 10.9. The van der Waals surface area contributed by atoms with Crippen molar-refractivity contribution >= 4 is 0 Å². The average Bonchev–Trinajstić information content (AvgIpc) is 2.33. The summed E-state index contributed by atoms with van der Waals surface area (Å²) >= 11 is 0. The van der Waals surface area contributed by atoms with Gasteiger partial charge in [-0.05, 0) is 12.0 Å². The van der Waals surface area contributed by atoms with Gasteiger partial charge >= 0.3 is 0 Å². The predicted octanol–water partition coefficient (Wildman–Crippen LogP) is 1.85. The number of aromatic nitrogens is 1. The minimum Gasteiger partial charge on any atom is -0.481 e. The Morgan fingerprint density at radius 2 is 2.18 bits per heavy atom. The number of nitrogens with one attached hydrogen (secondary N) is 1. The first kappa shape index (κ1) is 13.9. The standard InChI is InChI=1S/C13H22N2O2/c1-11(2)10-17-8-7-14-9-12-5-4-6-13(15-12)16-3/h4-6,11,14H,7-10H2,1-3H3. The van der Waals surface area contributed by atoms with Crippen LogP contribution in [0.25, 0.3) is 0 Å². The highest BCUT2D eigenvalue weighted by atomic mass is 16.5. The molecule has 1 heterocycles. The molecular formula is C13H22N2O2. The summed E-state index contributed by atoms with van der Waals surface area (Å²) in [7, 11) is 1.62. The smallest absolute Gasteiger partial charge is 0.213 e. The Balaban J connectivity index is 2.13. The summed E-state index contributed by atoms with van der Waals surface area (Å²) in [5, 5.41) is 3.28. The van der Waals surface area contributed by atoms with E-state index in [1.807, 2.05) is 18.2 Å². The summed E-state index contributed by atoms with van der Waals surface area (Å²) < 4.78 is 10.5. The van der Waals surface area contributed by atoms with Crippen molar-refractivity contribution in [2.24, 2.45) is 5.92 Å². The molecule has 0 saturated carbocycles. The summed E-state index contributed by atoms with van der Waals surface area (Å²) in [4.78, 5) is 4.31. The van der Waals surface area contributed by atoms with Crippen molar-refractivity contribution in [1.29, 1.82) is 0 Å². The molecule has 0 fully saturated rings. The number of hydrogen-bond donors (Lipinski definition) is 1. The first-order valence-electron chi connectivity index (χ1n) is 6.00. The number of hydrogen-bond acceptors (Lipinski definition) is 4. The Morgan fingerprint density at radius 1 is 1.35 bits per heavy atom. The van der Waals surface area contributed by atoms with Crippen molar-refractivity contribution in [2.75, 3.05) is 26.9 Å². The van der Waals surface area contributed by atoms with Crippen LogP contribution in [0, 0.1) is 5.92 Å². The maximum Gasteiger partial charge on any atom is 0.213 e. The molecule has 0 aliphatic rings. The van der Waals surface area contributed by atoms with Crippen molar-refractivity contribution in [3.63, 3.8) is 0 Å². The summed E-state index contributed by atoms with van der Waals surface area (Å²) in [6, 6.07) is 5.76. The van der Waals surface area contributed by atoms with Crippen LogP contribution in [-0.4, -0.2) is 31.9 Å². The van der Waals surface area contributed by atoms with E-state index in [0.29, 0.717) is 11.8 Å². The van der Waals surface area contributed by atoms with Crippen LogP contribution in [0.1, 0.15) is 19.5 Å². The van der Waals surface area contributed by atoms with Crippen LogP contribution in [0.4, 0.5) is 0 Å². The van der Waals surface area contributed by atoms with Gasteiger partial charge in [-0.15, -0.1) is 0 Å². The minimum absolute atomic E-state index is 0.593. The SMILES string of the molecule is COc1cccc(CNCCOCC(C)C)n1. The molecule has 0 aliphatic carbocycles. The fraction of sp³-hybridized carbons (Fsp3) is 0.615. The third kappa shape index (κ3) is 6.24. The van der Waals surface area contributed by atoms with Crippen LogP contribution in [0.3, 0.4) is 0 Å². The molecule has 4 heteroatoms. The third-order valence-electron chi connectivity index (χ3n) is 2.17. The van der Waals surface area contributed by atoms with Gasteiger partial charge in [-0.2, -0.15) is 0 Å². The minimum atomic E-state index is 0.593. The van der Waals surface area contributed by atoms with E-state index in [1.54, 1.807) is 7.11 Å². The molecule has 0 saturated heterocycles. The molecular weight excluding hydrogens is 216 g/mol. The lowest BCUT2D eigenvalue weighted by Gasteiger charge is -2.08. The van der Waals surface area contributed by atoms with Crippen LogP contribution in [0.5, 0.6) is 5.88 Å². The Bertz CT molecular complexity index is 316. The Labute approximate surface area is 103 Å². The maximum atomic E-state index is 5.47. The normalized spacial score (nSPS) is 10.8. The zero-order chi connectivity index (χ0) is 12.5. The second-order valence-corrected chi connectivity index (χ2v) is 4.32. The van der Waals surface area contributed by atoms with Crippen LogP contribution in [0.2, 0.25) is 0 Å². The van der Waals surface area contributed by atoms with Crippen molar-refractivity contribution in [2.45, 2.75) is 20.4 Å². The summed E-state index contributed by atoms with van der Waals surface area (Å²) in [5.74, 6) is 1.25. The zero-order valence-corrected chi connectivity index (χ0v) is 10.9. The van der Waals surface area contributed by atoms with Crippen LogP contribution < -0.4 is 10.1 Å². The molecule has 1 aromatic heterocycles. The maximum absolute atomic E-state index is 5.47. The van der Waals surface area contributed by atoms with E-state index in [1.165, 1.54) is 0 Å². The lowest BCUT2D eigenvalue weighted by molar-refractivity contribution is 0.111. The molecule has 0 radical (unpaired) electrons. The van der Waals surface area contributed by atoms with Crippen molar-refractivity contribution in [3.05, 3.63) is 23.9 Å². The van der Waals surface area contributed by atoms with Crippen molar-refractivity contribution < 1.29 is 9.47 Å². The van der Waals surface area contributed by atoms with Crippen molar-refractivity contribution in [3.8, 4) is 5.88 Å². The Kier molecular flexibility index (Phi) is 6.58. The fourth-order valence-corrected chi connectivity index (χ4v) is 1.35. The van der Waals surface area contributed by atoms with E-state index >= 15 is 0 Å². The molecule has 0 aliphatic heterocycles. The van der Waals surface area contributed by atoms with Gasteiger partial charge in [0.1, 0.15) is 0 Å². The molecule has 0 aromatic carbocycles. The highest BCUT2D eigenvalue weighted by Crippen LogP contribution is 2.05. The molecule has 0 unspecified atom stereocenters. The summed E-state index contributed by atoms with van der Waals surface area (Å²) in [5.41, 5.74) is 0.980. The molecule has 1 rings (SSSR count). The molecule has 0 spiro atoms. The van der Waals surface area contributed by atoms with Crippen molar-refractivity contribution in [1.82, 2.24) is 10.3 Å². The van der Waals surface area contributed by atoms with Gasteiger partial charge in [0.25, 0.3) is 0 Å². The largest absolute Gasteiger partial charge is 0.481 e. The molecule has 96 valence electrons. The number of pyridine rings is 1. The fourth-order valence-electron chi connectivity index (χ4n) is 1.35. The number of nitrogens with zero attached hydrogens (tertiary/aromatic N) is 1. The van der Waals surface area contributed by atoms with Gasteiger partial charge in [0.05, 0.1) is 19.4 Å². The second-order valence-electron chi connectivity index (χ2n) is 4.32. The van der Waals surface area contributed by atoms with E-state index in [-0.39, 0.29) is 0 Å². The number of rotatable bonds is 8. The third-order valence-corrected chi connectivity index (χ3v) is 2.17. The molecule has 1 N–H and O–H groups in total. The number of methoxy groups -OCH3 is 1. The van der Waals surface area contributed by atoms with Gasteiger partial charge in [0.15, 0.2) is 0 Å². The summed E-state index contributed by atoms with van der Waals surface area (Å²) in [6.07, 6.45) is 0. The average molecular weight is 238 g/mol. The van der Waals surface area contributed by atoms with Crippen LogP contribution >= 0.6 is 0 Å². The van der Waals surface area contributed by atoms with Gasteiger partial charge in [-0.3, -0.25) is 0 Å². The van der Waals surface area contributed by atoms with Gasteiger partial charge in [0.2, 0.25) is 5.88 Å². The van der Waals surface area contributed by atoms with E-state index in [2.05, 4.69) is 24.1 Å². The van der Waals surface area contributed by atoms with E-state index in [9.17, 15) is 0 Å². The second kappa shape index (κ2) is 8.03. The summed E-state index contributed by atoms with van der Waals surface area (Å²) in [6.45, 7) is 7.43. The van der Waals surface area contributed by atoms with Gasteiger partial charge in [-0.25, -0.2) is 4.98 Å². The Hall–Kier alpha value is -1.13. The van der Waals surface area contributed by atoms with E-state index in [4.69, 9.17) is 9.47 Å². The van der Waals surface area contributed by atoms with Gasteiger partial charge in [0, 0.05) is 25.8 Å². The van der Waals surface area contributed by atoms with Gasteiger partial charge in [-0.1, -0.05) is 19.9 Å².